The van der Waals surface area contributed by atoms with Crippen molar-refractivity contribution in [3.63, 3.8) is 0 Å². The maximum Gasteiger partial charge on any atom is 0.228 e. The summed E-state index contributed by atoms with van der Waals surface area (Å²) in [5, 5.41) is 9.29. The number of aliphatic hydroxyl groups is 1. The lowest BCUT2D eigenvalue weighted by Crippen LogP contribution is -2.46. The van der Waals surface area contributed by atoms with Crippen molar-refractivity contribution >= 4 is 11.6 Å². The van der Waals surface area contributed by atoms with E-state index in [2.05, 4.69) is 4.98 Å². The average molecular weight is 249 g/mol. The molecule has 98 valence electrons. The summed E-state index contributed by atoms with van der Waals surface area (Å²) in [6.07, 6.45) is 4.81. The molecule has 3 N–H and O–H groups in total. The minimum atomic E-state index is -0.0277. The van der Waals surface area contributed by atoms with Crippen LogP contribution in [-0.4, -0.2) is 40.1 Å². The van der Waals surface area contributed by atoms with Crippen LogP contribution in [0.15, 0.2) is 18.3 Å². The summed E-state index contributed by atoms with van der Waals surface area (Å²) in [4.78, 5) is 18.1. The van der Waals surface area contributed by atoms with Crippen molar-refractivity contribution in [2.45, 2.75) is 31.7 Å². The van der Waals surface area contributed by atoms with Gasteiger partial charge >= 0.3 is 0 Å². The molecular formula is C13H19N3O2. The van der Waals surface area contributed by atoms with Gasteiger partial charge in [-0.3, -0.25) is 9.78 Å². The Kier molecular flexibility index (Phi) is 4.15. The fourth-order valence-corrected chi connectivity index (χ4v) is 2.32. The first-order chi connectivity index (χ1) is 8.70. The predicted octanol–water partition coefficient (Wildman–Crippen LogP) is 0.580. The van der Waals surface area contributed by atoms with Gasteiger partial charge in [0, 0.05) is 12.2 Å². The monoisotopic (exact) mass is 249 g/mol. The second-order valence-corrected chi connectivity index (χ2v) is 4.68. The number of nitrogen functional groups attached to an aromatic ring is 1. The van der Waals surface area contributed by atoms with Crippen LogP contribution in [0.4, 0.5) is 5.69 Å². The van der Waals surface area contributed by atoms with Gasteiger partial charge in [-0.05, 0) is 31.4 Å². The van der Waals surface area contributed by atoms with Crippen LogP contribution in [0, 0.1) is 0 Å². The van der Waals surface area contributed by atoms with Gasteiger partial charge in [0.15, 0.2) is 0 Å². The van der Waals surface area contributed by atoms with Gasteiger partial charge in [-0.2, -0.15) is 0 Å². The standard InChI is InChI=1S/C13H19N3O2/c14-10-4-5-11(15-8-10)7-13(18)16-6-2-1-3-12(16)9-17/h4-5,8,12,17H,1-3,6-7,9,14H2. The van der Waals surface area contributed by atoms with Crippen LogP contribution >= 0.6 is 0 Å². The highest BCUT2D eigenvalue weighted by molar-refractivity contribution is 5.78. The Balaban J connectivity index is 2.00. The molecule has 5 heteroatoms. The summed E-state index contributed by atoms with van der Waals surface area (Å²) in [5.74, 6) is 0.0334. The van der Waals surface area contributed by atoms with E-state index in [1.54, 1.807) is 23.2 Å². The minimum Gasteiger partial charge on any atom is -0.397 e. The van der Waals surface area contributed by atoms with Crippen LogP contribution in [0.3, 0.4) is 0 Å². The van der Waals surface area contributed by atoms with E-state index in [1.165, 1.54) is 0 Å². The molecule has 1 amide bonds. The molecule has 1 atom stereocenters. The van der Waals surface area contributed by atoms with E-state index in [4.69, 9.17) is 5.73 Å². The number of aliphatic hydroxyl groups excluding tert-OH is 1. The van der Waals surface area contributed by atoms with Crippen molar-refractivity contribution in [2.24, 2.45) is 0 Å². The van der Waals surface area contributed by atoms with Gasteiger partial charge in [0.05, 0.1) is 31.0 Å². The number of likely N-dealkylation sites (tertiary alicyclic amines) is 1. The van der Waals surface area contributed by atoms with Gasteiger partial charge < -0.3 is 15.7 Å². The van der Waals surface area contributed by atoms with E-state index in [0.717, 1.165) is 31.5 Å². The Morgan fingerprint density at radius 2 is 2.33 bits per heavy atom. The van der Waals surface area contributed by atoms with Crippen molar-refractivity contribution in [1.29, 1.82) is 0 Å². The molecule has 1 aromatic heterocycles. The quantitative estimate of drug-likeness (QED) is 0.821. The SMILES string of the molecule is Nc1ccc(CC(=O)N2CCCCC2CO)nc1. The molecule has 0 bridgehead atoms. The number of amides is 1. The summed E-state index contributed by atoms with van der Waals surface area (Å²) in [5.41, 5.74) is 6.87. The first kappa shape index (κ1) is 12.8. The van der Waals surface area contributed by atoms with E-state index >= 15 is 0 Å². The predicted molar refractivity (Wildman–Crippen MR) is 68.8 cm³/mol. The molecule has 1 saturated heterocycles. The summed E-state index contributed by atoms with van der Waals surface area (Å²) >= 11 is 0. The molecule has 2 heterocycles. The first-order valence-corrected chi connectivity index (χ1v) is 6.31. The van der Waals surface area contributed by atoms with E-state index < -0.39 is 0 Å². The number of nitrogens with two attached hydrogens (primary N) is 1. The van der Waals surface area contributed by atoms with E-state index in [9.17, 15) is 9.90 Å². The van der Waals surface area contributed by atoms with Crippen molar-refractivity contribution in [3.8, 4) is 0 Å². The second-order valence-electron chi connectivity index (χ2n) is 4.68. The third kappa shape index (κ3) is 2.98. The number of anilines is 1. The van der Waals surface area contributed by atoms with Gasteiger partial charge in [-0.15, -0.1) is 0 Å². The van der Waals surface area contributed by atoms with E-state index in [1.807, 2.05) is 0 Å². The number of aromatic nitrogens is 1. The molecule has 0 saturated carbocycles. The molecule has 0 aliphatic carbocycles. The smallest absolute Gasteiger partial charge is 0.228 e. The lowest BCUT2D eigenvalue weighted by atomic mass is 10.0. The molecule has 0 radical (unpaired) electrons. The Hall–Kier alpha value is -1.62. The van der Waals surface area contributed by atoms with Crippen molar-refractivity contribution < 1.29 is 9.90 Å². The summed E-state index contributed by atoms with van der Waals surface area (Å²) < 4.78 is 0. The largest absolute Gasteiger partial charge is 0.397 e. The summed E-state index contributed by atoms with van der Waals surface area (Å²) in [6, 6.07) is 3.49. The van der Waals surface area contributed by atoms with Crippen molar-refractivity contribution in [3.05, 3.63) is 24.0 Å². The fourth-order valence-electron chi connectivity index (χ4n) is 2.32. The molecule has 1 aliphatic rings. The van der Waals surface area contributed by atoms with Gasteiger partial charge in [0.1, 0.15) is 0 Å². The Morgan fingerprint density at radius 1 is 1.50 bits per heavy atom. The summed E-state index contributed by atoms with van der Waals surface area (Å²) in [7, 11) is 0. The highest BCUT2D eigenvalue weighted by Crippen LogP contribution is 2.17. The lowest BCUT2D eigenvalue weighted by molar-refractivity contribution is -0.135. The fraction of sp³-hybridized carbons (Fsp3) is 0.538. The summed E-state index contributed by atoms with van der Waals surface area (Å²) in [6.45, 7) is 0.778. The third-order valence-corrected chi connectivity index (χ3v) is 3.34. The number of carbonyl (C=O) groups is 1. The molecule has 5 nitrogen and oxygen atoms in total. The van der Waals surface area contributed by atoms with Crippen molar-refractivity contribution in [2.75, 3.05) is 18.9 Å². The Bertz CT molecular complexity index is 405. The van der Waals surface area contributed by atoms with Crippen LogP contribution < -0.4 is 5.73 Å². The topological polar surface area (TPSA) is 79.5 Å². The zero-order valence-electron chi connectivity index (χ0n) is 10.4. The lowest BCUT2D eigenvalue weighted by Gasteiger charge is -2.34. The van der Waals surface area contributed by atoms with Crippen LogP contribution in [0.1, 0.15) is 25.0 Å². The molecule has 1 fully saturated rings. The van der Waals surface area contributed by atoms with Crippen LogP contribution in [0.25, 0.3) is 0 Å². The normalized spacial score (nSPS) is 19.8. The van der Waals surface area contributed by atoms with Gasteiger partial charge in [0.25, 0.3) is 0 Å². The zero-order chi connectivity index (χ0) is 13.0. The first-order valence-electron chi connectivity index (χ1n) is 6.31. The average Bonchev–Trinajstić information content (AvgIpc) is 2.41. The molecule has 1 aliphatic heterocycles. The molecule has 1 unspecified atom stereocenters. The molecule has 1 aromatic rings. The second kappa shape index (κ2) is 5.82. The molecule has 0 aromatic carbocycles. The highest BCUT2D eigenvalue weighted by Gasteiger charge is 2.25. The zero-order valence-corrected chi connectivity index (χ0v) is 10.4. The maximum absolute atomic E-state index is 12.2. The molecule has 18 heavy (non-hydrogen) atoms. The third-order valence-electron chi connectivity index (χ3n) is 3.34. The number of hydrogen-bond acceptors (Lipinski definition) is 4. The number of rotatable bonds is 3. The Morgan fingerprint density at radius 3 is 3.00 bits per heavy atom. The van der Waals surface area contributed by atoms with Crippen LogP contribution in [-0.2, 0) is 11.2 Å². The van der Waals surface area contributed by atoms with E-state index in [-0.39, 0.29) is 25.0 Å². The highest BCUT2D eigenvalue weighted by atomic mass is 16.3. The Labute approximate surface area is 107 Å². The number of piperidine rings is 1. The van der Waals surface area contributed by atoms with Gasteiger partial charge in [-0.25, -0.2) is 0 Å². The number of hydrogen-bond donors (Lipinski definition) is 2. The van der Waals surface area contributed by atoms with Gasteiger partial charge in [-0.1, -0.05) is 0 Å². The number of carbonyl (C=O) groups excluding carboxylic acids is 1. The number of nitrogens with zero attached hydrogens (tertiary/aromatic N) is 2. The molecule has 0 spiro atoms. The van der Waals surface area contributed by atoms with Crippen LogP contribution in [0.2, 0.25) is 0 Å². The maximum atomic E-state index is 12.2. The van der Waals surface area contributed by atoms with Gasteiger partial charge in [0.2, 0.25) is 5.91 Å². The molecule has 2 rings (SSSR count). The van der Waals surface area contributed by atoms with Crippen molar-refractivity contribution in [1.82, 2.24) is 9.88 Å². The van der Waals surface area contributed by atoms with E-state index in [0.29, 0.717) is 5.69 Å². The number of pyridine rings is 1. The molecular weight excluding hydrogens is 230 g/mol. The minimum absolute atomic E-state index is 0.0277. The van der Waals surface area contributed by atoms with Crippen LogP contribution in [0.5, 0.6) is 0 Å².